The summed E-state index contributed by atoms with van der Waals surface area (Å²) in [5, 5.41) is 11.8. The van der Waals surface area contributed by atoms with E-state index in [0.29, 0.717) is 10.9 Å². The van der Waals surface area contributed by atoms with E-state index < -0.39 is 15.7 Å². The summed E-state index contributed by atoms with van der Waals surface area (Å²) in [5.41, 5.74) is 0.292. The van der Waals surface area contributed by atoms with E-state index in [-0.39, 0.29) is 33.8 Å². The average molecular weight is 372 g/mol. The number of benzene rings is 2. The molecule has 26 heavy (non-hydrogen) atoms. The number of aromatic nitrogens is 1. The molecule has 1 heterocycles. The van der Waals surface area contributed by atoms with Gasteiger partial charge >= 0.3 is 0 Å². The minimum Gasteiger partial charge on any atom is -0.439 e. The smallest absolute Gasteiger partial charge is 0.285 e. The molecule has 132 valence electrons. The Morgan fingerprint density at radius 1 is 1.23 bits per heavy atom. The van der Waals surface area contributed by atoms with Crippen LogP contribution in [0.2, 0.25) is 0 Å². The summed E-state index contributed by atoms with van der Waals surface area (Å²) in [5.74, 6) is 0.220. The van der Waals surface area contributed by atoms with E-state index in [4.69, 9.17) is 4.74 Å². The molecule has 0 aliphatic carbocycles. The van der Waals surface area contributed by atoms with Crippen LogP contribution >= 0.6 is 0 Å². The summed E-state index contributed by atoms with van der Waals surface area (Å²) < 4.78 is 31.1. The number of pyridine rings is 1. The molecule has 0 radical (unpaired) electrons. The molecule has 0 fully saturated rings. The molecule has 3 rings (SSSR count). The number of fused-ring (bicyclic) bond motifs is 1. The zero-order chi connectivity index (χ0) is 18.7. The first kappa shape index (κ1) is 17.7. The van der Waals surface area contributed by atoms with Crippen LogP contribution in [0.5, 0.6) is 11.6 Å². The van der Waals surface area contributed by atoms with Gasteiger partial charge in [0.25, 0.3) is 5.69 Å². The van der Waals surface area contributed by atoms with Gasteiger partial charge in [-0.3, -0.25) is 14.3 Å². The topological polar surface area (TPSA) is 82.3 Å². The monoisotopic (exact) mass is 372 g/mol. The van der Waals surface area contributed by atoms with Crippen molar-refractivity contribution in [3.05, 3.63) is 77.1 Å². The standard InChI is InChI=1S/C18H13FN2O4S/c1-2-9-26(24)17-11-14(5-7-16(17)21(22)23)25-18-8-3-12-10-13(19)4-6-15(12)20-18/h2-8,10-11H,1,9H2. The van der Waals surface area contributed by atoms with Crippen LogP contribution in [-0.2, 0) is 10.8 Å². The van der Waals surface area contributed by atoms with Crippen LogP contribution in [0.15, 0.2) is 66.1 Å². The number of nitrogens with zero attached hydrogens (tertiary/aromatic N) is 2. The van der Waals surface area contributed by atoms with Crippen molar-refractivity contribution in [1.29, 1.82) is 0 Å². The lowest BCUT2D eigenvalue weighted by molar-refractivity contribution is -0.387. The summed E-state index contributed by atoms with van der Waals surface area (Å²) >= 11 is 0. The molecule has 0 aliphatic heterocycles. The van der Waals surface area contributed by atoms with Crippen LogP contribution in [-0.4, -0.2) is 19.9 Å². The van der Waals surface area contributed by atoms with E-state index >= 15 is 0 Å². The molecular weight excluding hydrogens is 359 g/mol. The quantitative estimate of drug-likeness (QED) is 0.365. The maximum Gasteiger partial charge on any atom is 0.285 e. The van der Waals surface area contributed by atoms with Crippen molar-refractivity contribution in [2.45, 2.75) is 4.90 Å². The summed E-state index contributed by atoms with van der Waals surface area (Å²) in [7, 11) is -1.61. The van der Waals surface area contributed by atoms with Crippen LogP contribution in [0, 0.1) is 15.9 Å². The zero-order valence-corrected chi connectivity index (χ0v) is 14.2. The van der Waals surface area contributed by atoms with Gasteiger partial charge in [-0.15, -0.1) is 6.58 Å². The molecule has 6 nitrogen and oxygen atoms in total. The van der Waals surface area contributed by atoms with E-state index in [9.17, 15) is 18.7 Å². The molecule has 0 N–H and O–H groups in total. The summed E-state index contributed by atoms with van der Waals surface area (Å²) in [6.07, 6.45) is 1.43. The third-order valence-corrected chi connectivity index (χ3v) is 4.85. The van der Waals surface area contributed by atoms with E-state index in [1.165, 1.54) is 42.5 Å². The van der Waals surface area contributed by atoms with Crippen molar-refractivity contribution in [1.82, 2.24) is 4.98 Å². The Balaban J connectivity index is 1.95. The van der Waals surface area contributed by atoms with Gasteiger partial charge in [-0.2, -0.15) is 0 Å². The highest BCUT2D eigenvalue weighted by atomic mass is 32.2. The van der Waals surface area contributed by atoms with Crippen LogP contribution in [0.3, 0.4) is 0 Å². The van der Waals surface area contributed by atoms with Crippen LogP contribution in [0.4, 0.5) is 10.1 Å². The van der Waals surface area contributed by atoms with Gasteiger partial charge in [0.05, 0.1) is 21.2 Å². The van der Waals surface area contributed by atoms with Crippen LogP contribution in [0.25, 0.3) is 10.9 Å². The van der Waals surface area contributed by atoms with Crippen molar-refractivity contribution in [2.75, 3.05) is 5.75 Å². The Hall–Kier alpha value is -3.13. The van der Waals surface area contributed by atoms with Gasteiger partial charge in [-0.1, -0.05) is 6.08 Å². The molecule has 3 aromatic rings. The van der Waals surface area contributed by atoms with Gasteiger partial charge in [0.15, 0.2) is 0 Å². The minimum absolute atomic E-state index is 0.0512. The fourth-order valence-electron chi connectivity index (χ4n) is 2.34. The van der Waals surface area contributed by atoms with Gasteiger partial charge in [-0.25, -0.2) is 9.37 Å². The van der Waals surface area contributed by atoms with Gasteiger partial charge in [0.2, 0.25) is 5.88 Å². The van der Waals surface area contributed by atoms with Crippen LogP contribution in [0.1, 0.15) is 0 Å². The first-order valence-corrected chi connectivity index (χ1v) is 8.81. The molecule has 0 amide bonds. The number of ether oxygens (including phenoxy) is 1. The molecule has 1 aromatic heterocycles. The molecule has 0 spiro atoms. The second-order valence-electron chi connectivity index (χ2n) is 5.28. The van der Waals surface area contributed by atoms with E-state index in [1.54, 1.807) is 12.1 Å². The lowest BCUT2D eigenvalue weighted by atomic mass is 10.2. The number of hydrogen-bond acceptors (Lipinski definition) is 5. The Kier molecular flexibility index (Phi) is 5.04. The third-order valence-electron chi connectivity index (χ3n) is 3.49. The maximum atomic E-state index is 13.2. The predicted molar refractivity (Wildman–Crippen MR) is 96.3 cm³/mol. The highest BCUT2D eigenvalue weighted by Gasteiger charge is 2.19. The van der Waals surface area contributed by atoms with Gasteiger partial charge < -0.3 is 4.74 Å². The minimum atomic E-state index is -1.61. The van der Waals surface area contributed by atoms with Crippen molar-refractivity contribution >= 4 is 27.4 Å². The summed E-state index contributed by atoms with van der Waals surface area (Å²) in [6, 6.07) is 11.4. The highest BCUT2D eigenvalue weighted by Crippen LogP contribution is 2.30. The lowest BCUT2D eigenvalue weighted by Gasteiger charge is -2.08. The second-order valence-corrected chi connectivity index (χ2v) is 6.74. The summed E-state index contributed by atoms with van der Waals surface area (Å²) in [4.78, 5) is 14.9. The van der Waals surface area contributed by atoms with Crippen molar-refractivity contribution in [3.63, 3.8) is 0 Å². The second kappa shape index (κ2) is 7.40. The Morgan fingerprint density at radius 2 is 2.04 bits per heavy atom. The molecule has 1 atom stereocenters. The molecular formula is C18H13FN2O4S. The van der Waals surface area contributed by atoms with E-state index in [0.717, 1.165) is 0 Å². The Bertz CT molecular complexity index is 1040. The predicted octanol–water partition coefficient (Wildman–Crippen LogP) is 4.37. The normalized spacial score (nSPS) is 11.9. The first-order valence-electron chi connectivity index (χ1n) is 7.50. The number of halogens is 1. The number of nitro groups is 1. The third kappa shape index (κ3) is 3.75. The lowest BCUT2D eigenvalue weighted by Crippen LogP contribution is -2.01. The van der Waals surface area contributed by atoms with E-state index in [1.807, 2.05) is 0 Å². The number of rotatable bonds is 6. The summed E-state index contributed by atoms with van der Waals surface area (Å²) in [6.45, 7) is 3.50. The Morgan fingerprint density at radius 3 is 2.77 bits per heavy atom. The van der Waals surface area contributed by atoms with Gasteiger partial charge in [0.1, 0.15) is 16.5 Å². The van der Waals surface area contributed by atoms with Crippen molar-refractivity contribution in [3.8, 4) is 11.6 Å². The average Bonchev–Trinajstić information content (AvgIpc) is 2.62. The van der Waals surface area contributed by atoms with Crippen molar-refractivity contribution in [2.24, 2.45) is 0 Å². The molecule has 0 saturated heterocycles. The number of hydrogen-bond donors (Lipinski definition) is 0. The SMILES string of the molecule is C=CCS(=O)c1cc(Oc2ccc3cc(F)ccc3n2)ccc1[N+](=O)[O-]. The maximum absolute atomic E-state index is 13.2. The van der Waals surface area contributed by atoms with Crippen molar-refractivity contribution < 1.29 is 18.3 Å². The molecule has 0 saturated carbocycles. The van der Waals surface area contributed by atoms with E-state index in [2.05, 4.69) is 11.6 Å². The fourth-order valence-corrected chi connectivity index (χ4v) is 3.36. The fraction of sp³-hybridized carbons (Fsp3) is 0.0556. The zero-order valence-electron chi connectivity index (χ0n) is 13.4. The largest absolute Gasteiger partial charge is 0.439 e. The Labute approximate surface area is 150 Å². The molecule has 1 unspecified atom stereocenters. The molecule has 8 heteroatoms. The van der Waals surface area contributed by atoms with Gasteiger partial charge in [-0.05, 0) is 30.3 Å². The first-order chi connectivity index (χ1) is 12.5. The van der Waals surface area contributed by atoms with Gasteiger partial charge in [0, 0.05) is 29.3 Å². The molecule has 2 aromatic carbocycles. The van der Waals surface area contributed by atoms with Crippen LogP contribution < -0.4 is 4.74 Å². The molecule has 0 bridgehead atoms. The molecule has 0 aliphatic rings. The highest BCUT2D eigenvalue weighted by molar-refractivity contribution is 7.85. The number of nitro benzene ring substituents is 1.